The third kappa shape index (κ3) is 3.02. The summed E-state index contributed by atoms with van der Waals surface area (Å²) in [5, 5.41) is 0. The summed E-state index contributed by atoms with van der Waals surface area (Å²) in [5.74, 6) is 0. The van der Waals surface area contributed by atoms with Crippen LogP contribution in [0.3, 0.4) is 0 Å². The van der Waals surface area contributed by atoms with E-state index in [0.717, 1.165) is 18.7 Å². The van der Waals surface area contributed by atoms with Gasteiger partial charge in [0.25, 0.3) is 0 Å². The van der Waals surface area contributed by atoms with Crippen molar-refractivity contribution in [2.45, 2.75) is 19.4 Å². The molecule has 0 fully saturated rings. The normalized spacial score (nSPS) is 13.2. The zero-order valence-corrected chi connectivity index (χ0v) is 7.29. The molecule has 0 bridgehead atoms. The van der Waals surface area contributed by atoms with E-state index in [1.165, 1.54) is 0 Å². The zero-order chi connectivity index (χ0) is 8.81. The summed E-state index contributed by atoms with van der Waals surface area (Å²) in [6.07, 6.45) is 4.23. The maximum Gasteiger partial charge on any atom is 0.0921 e. The van der Waals surface area contributed by atoms with Gasteiger partial charge in [-0.3, -0.25) is 0 Å². The highest BCUT2D eigenvalue weighted by molar-refractivity contribution is 4.96. The largest absolute Gasteiger partial charge is 0.380 e. The van der Waals surface area contributed by atoms with Gasteiger partial charge in [-0.25, -0.2) is 4.98 Å². The molecular formula is C8H15N3O. The van der Waals surface area contributed by atoms with Crippen LogP contribution in [-0.4, -0.2) is 29.2 Å². The van der Waals surface area contributed by atoms with Gasteiger partial charge >= 0.3 is 0 Å². The van der Waals surface area contributed by atoms with Gasteiger partial charge in [-0.15, -0.1) is 0 Å². The molecule has 1 atom stereocenters. The number of aromatic nitrogens is 2. The second kappa shape index (κ2) is 4.90. The first kappa shape index (κ1) is 9.22. The molecule has 1 rings (SSSR count). The van der Waals surface area contributed by atoms with Crippen LogP contribution >= 0.6 is 0 Å². The molecule has 0 aliphatic rings. The van der Waals surface area contributed by atoms with E-state index in [9.17, 15) is 0 Å². The quantitative estimate of drug-likeness (QED) is 0.667. The molecule has 0 radical (unpaired) electrons. The van der Waals surface area contributed by atoms with E-state index in [1.807, 2.05) is 6.92 Å². The number of hydrogen-bond donors (Lipinski definition) is 2. The van der Waals surface area contributed by atoms with E-state index in [0.29, 0.717) is 6.61 Å². The Hall–Kier alpha value is -0.870. The van der Waals surface area contributed by atoms with Crippen molar-refractivity contribution in [1.82, 2.24) is 9.97 Å². The molecule has 0 aliphatic carbocycles. The highest BCUT2D eigenvalue weighted by Crippen LogP contribution is 1.96. The Morgan fingerprint density at radius 1 is 1.75 bits per heavy atom. The highest BCUT2D eigenvalue weighted by Gasteiger charge is 2.03. The first-order chi connectivity index (χ1) is 5.83. The lowest BCUT2D eigenvalue weighted by atomic mass is 10.2. The van der Waals surface area contributed by atoms with Gasteiger partial charge in [0.2, 0.25) is 0 Å². The standard InChI is InChI=1S/C8H15N3O/c1-2-12-5-7(9)3-8-4-10-6-11-8/h4,6-7H,2-3,5,9H2,1H3,(H,10,11)/t7-/m0/s1. The molecule has 4 nitrogen and oxygen atoms in total. The van der Waals surface area contributed by atoms with E-state index in [4.69, 9.17) is 10.5 Å². The van der Waals surface area contributed by atoms with Gasteiger partial charge in [-0.2, -0.15) is 0 Å². The van der Waals surface area contributed by atoms with E-state index < -0.39 is 0 Å². The third-order valence-electron chi connectivity index (χ3n) is 1.57. The van der Waals surface area contributed by atoms with Crippen molar-refractivity contribution in [1.29, 1.82) is 0 Å². The molecule has 0 aliphatic heterocycles. The number of rotatable bonds is 5. The second-order valence-corrected chi connectivity index (χ2v) is 2.70. The minimum absolute atomic E-state index is 0.0606. The van der Waals surface area contributed by atoms with Crippen molar-refractivity contribution in [3.8, 4) is 0 Å². The second-order valence-electron chi connectivity index (χ2n) is 2.70. The van der Waals surface area contributed by atoms with Crippen LogP contribution in [-0.2, 0) is 11.2 Å². The van der Waals surface area contributed by atoms with E-state index in [-0.39, 0.29) is 6.04 Å². The molecule has 0 saturated heterocycles. The van der Waals surface area contributed by atoms with Gasteiger partial charge < -0.3 is 15.5 Å². The molecule has 0 aromatic carbocycles. The molecule has 0 spiro atoms. The van der Waals surface area contributed by atoms with Gasteiger partial charge in [0, 0.05) is 31.0 Å². The monoisotopic (exact) mass is 169 g/mol. The lowest BCUT2D eigenvalue weighted by molar-refractivity contribution is 0.133. The van der Waals surface area contributed by atoms with Crippen LogP contribution in [0.25, 0.3) is 0 Å². The summed E-state index contributed by atoms with van der Waals surface area (Å²) in [6.45, 7) is 3.29. The predicted octanol–water partition coefficient (Wildman–Crippen LogP) is 0.316. The van der Waals surface area contributed by atoms with Crippen LogP contribution in [0, 0.1) is 0 Å². The summed E-state index contributed by atoms with van der Waals surface area (Å²) in [4.78, 5) is 6.90. The van der Waals surface area contributed by atoms with Crippen LogP contribution in [0.15, 0.2) is 12.5 Å². The maximum atomic E-state index is 5.78. The van der Waals surface area contributed by atoms with Gasteiger partial charge in [0.15, 0.2) is 0 Å². The van der Waals surface area contributed by atoms with Crippen LogP contribution < -0.4 is 5.73 Å². The van der Waals surface area contributed by atoms with Crippen molar-refractivity contribution in [2.24, 2.45) is 5.73 Å². The molecule has 0 amide bonds. The summed E-state index contributed by atoms with van der Waals surface area (Å²) >= 11 is 0. The lowest BCUT2D eigenvalue weighted by Crippen LogP contribution is -2.28. The molecule has 68 valence electrons. The highest BCUT2D eigenvalue weighted by atomic mass is 16.5. The van der Waals surface area contributed by atoms with E-state index in [1.54, 1.807) is 12.5 Å². The summed E-state index contributed by atoms with van der Waals surface area (Å²) in [6, 6.07) is 0.0606. The Morgan fingerprint density at radius 3 is 3.17 bits per heavy atom. The van der Waals surface area contributed by atoms with Crippen molar-refractivity contribution in [3.63, 3.8) is 0 Å². The minimum atomic E-state index is 0.0606. The average molecular weight is 169 g/mol. The smallest absolute Gasteiger partial charge is 0.0921 e. The fraction of sp³-hybridized carbons (Fsp3) is 0.625. The maximum absolute atomic E-state index is 5.78. The third-order valence-corrected chi connectivity index (χ3v) is 1.57. The van der Waals surface area contributed by atoms with Gasteiger partial charge in [-0.05, 0) is 6.92 Å². The number of H-pyrrole nitrogens is 1. The molecule has 1 aromatic heterocycles. The molecule has 1 heterocycles. The molecule has 0 saturated carbocycles. The Morgan fingerprint density at radius 2 is 2.58 bits per heavy atom. The van der Waals surface area contributed by atoms with Gasteiger partial charge in [0.1, 0.15) is 0 Å². The fourth-order valence-electron chi connectivity index (χ4n) is 1.01. The number of hydrogen-bond acceptors (Lipinski definition) is 3. The molecule has 12 heavy (non-hydrogen) atoms. The van der Waals surface area contributed by atoms with Gasteiger partial charge in [0.05, 0.1) is 12.9 Å². The lowest BCUT2D eigenvalue weighted by Gasteiger charge is -2.09. The fourth-order valence-corrected chi connectivity index (χ4v) is 1.01. The number of nitrogens with two attached hydrogens (primary N) is 1. The number of imidazole rings is 1. The summed E-state index contributed by atoms with van der Waals surface area (Å²) < 4.78 is 5.18. The Kier molecular flexibility index (Phi) is 3.76. The molecule has 0 unspecified atom stereocenters. The Balaban J connectivity index is 2.22. The molecule has 4 heteroatoms. The minimum Gasteiger partial charge on any atom is -0.380 e. The van der Waals surface area contributed by atoms with Crippen LogP contribution in [0.4, 0.5) is 0 Å². The van der Waals surface area contributed by atoms with Crippen molar-refractivity contribution >= 4 is 0 Å². The molecule has 1 aromatic rings. The number of aromatic amines is 1. The Labute approximate surface area is 72.1 Å². The summed E-state index contributed by atoms with van der Waals surface area (Å²) in [7, 11) is 0. The summed E-state index contributed by atoms with van der Waals surface area (Å²) in [5.41, 5.74) is 6.84. The SMILES string of the molecule is CCOC[C@@H](N)Cc1cnc[nH]1. The van der Waals surface area contributed by atoms with Crippen molar-refractivity contribution < 1.29 is 4.74 Å². The van der Waals surface area contributed by atoms with E-state index in [2.05, 4.69) is 9.97 Å². The molecular weight excluding hydrogens is 154 g/mol. The predicted molar refractivity (Wildman–Crippen MR) is 46.8 cm³/mol. The first-order valence-corrected chi connectivity index (χ1v) is 4.13. The molecule has 3 N–H and O–H groups in total. The number of ether oxygens (including phenoxy) is 1. The van der Waals surface area contributed by atoms with Crippen molar-refractivity contribution in [2.75, 3.05) is 13.2 Å². The average Bonchev–Trinajstić information content (AvgIpc) is 2.53. The first-order valence-electron chi connectivity index (χ1n) is 4.13. The van der Waals surface area contributed by atoms with Crippen LogP contribution in [0.1, 0.15) is 12.6 Å². The zero-order valence-electron chi connectivity index (χ0n) is 7.29. The van der Waals surface area contributed by atoms with E-state index >= 15 is 0 Å². The van der Waals surface area contributed by atoms with Crippen LogP contribution in [0.5, 0.6) is 0 Å². The Bertz CT molecular complexity index is 198. The van der Waals surface area contributed by atoms with Crippen molar-refractivity contribution in [3.05, 3.63) is 18.2 Å². The van der Waals surface area contributed by atoms with Gasteiger partial charge in [-0.1, -0.05) is 0 Å². The topological polar surface area (TPSA) is 63.9 Å². The number of nitrogens with one attached hydrogen (secondary N) is 1. The van der Waals surface area contributed by atoms with Crippen LogP contribution in [0.2, 0.25) is 0 Å². The number of nitrogens with zero attached hydrogens (tertiary/aromatic N) is 1.